The van der Waals surface area contributed by atoms with E-state index in [0.29, 0.717) is 0 Å². The average molecular weight is 256 g/mol. The molecule has 0 bridgehead atoms. The molecule has 0 aromatic carbocycles. The molecule has 1 heterocycles. The van der Waals surface area contributed by atoms with Crippen molar-refractivity contribution in [3.63, 3.8) is 0 Å². The Balaban J connectivity index is 2.65. The Morgan fingerprint density at radius 2 is 1.61 bits per heavy atom. The van der Waals surface area contributed by atoms with Crippen molar-refractivity contribution >= 4 is 5.96 Å². The highest BCUT2D eigenvalue weighted by Gasteiger charge is 2.28. The van der Waals surface area contributed by atoms with Crippen LogP contribution in [0.2, 0.25) is 0 Å². The lowest BCUT2D eigenvalue weighted by Crippen LogP contribution is -2.52. The summed E-state index contributed by atoms with van der Waals surface area (Å²) in [6.07, 6.45) is 0. The zero-order valence-corrected chi connectivity index (χ0v) is 12.7. The highest BCUT2D eigenvalue weighted by atomic mass is 16.5. The van der Waals surface area contributed by atoms with Crippen LogP contribution in [0.1, 0.15) is 13.8 Å². The van der Waals surface area contributed by atoms with Crippen LogP contribution < -0.4 is 0 Å². The maximum atomic E-state index is 5.40. The van der Waals surface area contributed by atoms with Crippen molar-refractivity contribution < 1.29 is 4.74 Å². The van der Waals surface area contributed by atoms with Crippen molar-refractivity contribution in [2.45, 2.75) is 19.4 Å². The Bertz CT molecular complexity index is 271. The maximum absolute atomic E-state index is 5.40. The first-order valence-corrected chi connectivity index (χ1v) is 6.56. The number of nitrogens with zero attached hydrogens (tertiary/aromatic N) is 4. The van der Waals surface area contributed by atoms with E-state index in [2.05, 4.69) is 28.5 Å². The third-order valence-electron chi connectivity index (χ3n) is 3.27. The Morgan fingerprint density at radius 3 is 2.06 bits per heavy atom. The van der Waals surface area contributed by atoms with Gasteiger partial charge in [0, 0.05) is 46.8 Å². The molecule has 5 nitrogen and oxygen atoms in total. The summed E-state index contributed by atoms with van der Waals surface area (Å²) in [6, 6.07) is 0. The molecular weight excluding hydrogens is 228 g/mol. The van der Waals surface area contributed by atoms with Crippen molar-refractivity contribution in [3.8, 4) is 0 Å². The van der Waals surface area contributed by atoms with Gasteiger partial charge in [0.05, 0.1) is 19.8 Å². The van der Waals surface area contributed by atoms with Crippen LogP contribution in [0.15, 0.2) is 4.99 Å². The van der Waals surface area contributed by atoms with E-state index in [0.717, 1.165) is 38.8 Å². The first-order chi connectivity index (χ1) is 8.34. The van der Waals surface area contributed by atoms with Crippen LogP contribution in [0.3, 0.4) is 0 Å². The molecule has 1 aliphatic heterocycles. The van der Waals surface area contributed by atoms with E-state index in [1.165, 1.54) is 0 Å². The van der Waals surface area contributed by atoms with Gasteiger partial charge >= 0.3 is 0 Å². The molecular formula is C13H28N4O. The first kappa shape index (κ1) is 15.2. The van der Waals surface area contributed by atoms with E-state index in [-0.39, 0.29) is 5.54 Å². The van der Waals surface area contributed by atoms with E-state index in [9.17, 15) is 0 Å². The summed E-state index contributed by atoms with van der Waals surface area (Å²) in [7, 11) is 8.11. The second kappa shape index (κ2) is 6.38. The third kappa shape index (κ3) is 4.14. The predicted octanol–water partition coefficient (Wildman–Crippen LogP) is 0.576. The Morgan fingerprint density at radius 1 is 1.11 bits per heavy atom. The van der Waals surface area contributed by atoms with Crippen molar-refractivity contribution in [2.24, 2.45) is 4.99 Å². The highest BCUT2D eigenvalue weighted by molar-refractivity contribution is 5.79. The summed E-state index contributed by atoms with van der Waals surface area (Å²) < 4.78 is 5.40. The molecule has 1 saturated heterocycles. The molecule has 5 heteroatoms. The number of ether oxygens (including phenoxy) is 1. The molecule has 0 unspecified atom stereocenters. The Hall–Kier alpha value is -0.810. The third-order valence-corrected chi connectivity index (χ3v) is 3.27. The van der Waals surface area contributed by atoms with Crippen LogP contribution in [-0.2, 0) is 4.74 Å². The van der Waals surface area contributed by atoms with E-state index in [4.69, 9.17) is 9.73 Å². The maximum Gasteiger partial charge on any atom is 0.195 e. The zero-order chi connectivity index (χ0) is 13.8. The summed E-state index contributed by atoms with van der Waals surface area (Å²) in [5, 5.41) is 0. The first-order valence-electron chi connectivity index (χ1n) is 6.56. The molecule has 0 saturated carbocycles. The number of guanidine groups is 1. The lowest BCUT2D eigenvalue weighted by Gasteiger charge is -2.40. The van der Waals surface area contributed by atoms with Gasteiger partial charge in [0.2, 0.25) is 0 Å². The fourth-order valence-electron chi connectivity index (χ4n) is 2.22. The molecule has 0 aromatic rings. The molecule has 1 fully saturated rings. The molecule has 106 valence electrons. The average Bonchev–Trinajstić information content (AvgIpc) is 2.29. The number of aliphatic imine (C=N–C) groups is 1. The van der Waals surface area contributed by atoms with E-state index in [1.54, 1.807) is 0 Å². The van der Waals surface area contributed by atoms with Gasteiger partial charge in [0.25, 0.3) is 0 Å². The summed E-state index contributed by atoms with van der Waals surface area (Å²) in [5.41, 5.74) is 0.0844. The number of morpholine rings is 1. The van der Waals surface area contributed by atoms with Gasteiger partial charge in [-0.25, -0.2) is 0 Å². The molecule has 0 amide bonds. The zero-order valence-electron chi connectivity index (χ0n) is 12.7. The number of hydrogen-bond acceptors (Lipinski definition) is 3. The SMILES string of the molecule is CN(C)C(=NCC(C)(C)N1CCOCC1)N(C)C. The van der Waals surface area contributed by atoms with Gasteiger partial charge in [-0.15, -0.1) is 0 Å². The van der Waals surface area contributed by atoms with Gasteiger partial charge in [-0.3, -0.25) is 9.89 Å². The lowest BCUT2D eigenvalue weighted by atomic mass is 10.0. The van der Waals surface area contributed by atoms with Crippen molar-refractivity contribution in [2.75, 3.05) is 61.0 Å². The second-order valence-corrected chi connectivity index (χ2v) is 5.82. The van der Waals surface area contributed by atoms with Crippen molar-refractivity contribution in [3.05, 3.63) is 0 Å². The molecule has 0 spiro atoms. The van der Waals surface area contributed by atoms with Crippen LogP contribution in [0, 0.1) is 0 Å². The summed E-state index contributed by atoms with van der Waals surface area (Å²) in [5.74, 6) is 1.01. The fourth-order valence-corrected chi connectivity index (χ4v) is 2.22. The van der Waals surface area contributed by atoms with Crippen LogP contribution in [-0.4, -0.2) is 87.2 Å². The minimum absolute atomic E-state index is 0.0844. The molecule has 18 heavy (non-hydrogen) atoms. The molecule has 1 rings (SSSR count). The van der Waals surface area contributed by atoms with E-state index in [1.807, 2.05) is 28.2 Å². The largest absolute Gasteiger partial charge is 0.379 e. The van der Waals surface area contributed by atoms with Gasteiger partial charge in [-0.2, -0.15) is 0 Å². The van der Waals surface area contributed by atoms with Gasteiger partial charge < -0.3 is 14.5 Å². The fraction of sp³-hybridized carbons (Fsp3) is 0.923. The van der Waals surface area contributed by atoms with Gasteiger partial charge in [-0.05, 0) is 13.8 Å². The second-order valence-electron chi connectivity index (χ2n) is 5.82. The van der Waals surface area contributed by atoms with Crippen LogP contribution in [0.4, 0.5) is 0 Å². The quantitative estimate of drug-likeness (QED) is 0.546. The number of hydrogen-bond donors (Lipinski definition) is 0. The standard InChI is InChI=1S/C13H28N4O/c1-13(2,17-7-9-18-10-8-17)11-14-12(15(3)4)16(5)6/h7-11H2,1-6H3. The minimum Gasteiger partial charge on any atom is -0.379 e. The monoisotopic (exact) mass is 256 g/mol. The van der Waals surface area contributed by atoms with Gasteiger partial charge in [0.1, 0.15) is 0 Å². The number of rotatable bonds is 3. The molecule has 0 atom stereocenters. The Labute approximate surface area is 111 Å². The predicted molar refractivity (Wildman–Crippen MR) is 76.1 cm³/mol. The molecule has 0 radical (unpaired) electrons. The molecule has 1 aliphatic rings. The summed E-state index contributed by atoms with van der Waals surface area (Å²) in [6.45, 7) is 8.99. The molecule has 0 N–H and O–H groups in total. The van der Waals surface area contributed by atoms with Crippen LogP contribution in [0.5, 0.6) is 0 Å². The van der Waals surface area contributed by atoms with Crippen LogP contribution >= 0.6 is 0 Å². The topological polar surface area (TPSA) is 31.3 Å². The molecule has 0 aromatic heterocycles. The summed E-state index contributed by atoms with van der Waals surface area (Å²) >= 11 is 0. The minimum atomic E-state index is 0.0844. The van der Waals surface area contributed by atoms with E-state index < -0.39 is 0 Å². The van der Waals surface area contributed by atoms with E-state index >= 15 is 0 Å². The summed E-state index contributed by atoms with van der Waals surface area (Å²) in [4.78, 5) is 11.3. The van der Waals surface area contributed by atoms with Crippen molar-refractivity contribution in [1.82, 2.24) is 14.7 Å². The normalized spacial score (nSPS) is 17.4. The van der Waals surface area contributed by atoms with Crippen LogP contribution in [0.25, 0.3) is 0 Å². The highest BCUT2D eigenvalue weighted by Crippen LogP contribution is 2.16. The smallest absolute Gasteiger partial charge is 0.195 e. The van der Waals surface area contributed by atoms with Crippen molar-refractivity contribution in [1.29, 1.82) is 0 Å². The molecule has 0 aliphatic carbocycles. The van der Waals surface area contributed by atoms with Gasteiger partial charge in [0.15, 0.2) is 5.96 Å². The lowest BCUT2D eigenvalue weighted by molar-refractivity contribution is -0.00692. The van der Waals surface area contributed by atoms with Gasteiger partial charge in [-0.1, -0.05) is 0 Å². The Kier molecular flexibility index (Phi) is 5.41.